The second-order valence-corrected chi connectivity index (χ2v) is 14.6. The Bertz CT molecular complexity index is 3420. The molecule has 0 spiro atoms. The number of H-pyrrole nitrogens is 4. The van der Waals surface area contributed by atoms with Crippen LogP contribution in [-0.4, -0.2) is 19.9 Å². The molecule has 6 aromatic carbocycles. The number of hydrogen-bond donors (Lipinski definition) is 4. The van der Waals surface area contributed by atoms with Gasteiger partial charge in [0.25, 0.3) is 0 Å². The summed E-state index contributed by atoms with van der Waals surface area (Å²) in [7, 11) is 0. The van der Waals surface area contributed by atoms with Crippen molar-refractivity contribution in [2.24, 2.45) is 20.0 Å². The molecule has 4 N–H and O–H groups in total. The Morgan fingerprint density at radius 3 is 1.32 bits per heavy atom. The minimum absolute atomic E-state index is 0.435. The second kappa shape index (κ2) is 12.3. The molecule has 56 heavy (non-hydrogen) atoms. The van der Waals surface area contributed by atoms with E-state index in [0.717, 1.165) is 60.0 Å². The Morgan fingerprint density at radius 2 is 0.804 bits per heavy atom. The molecule has 5 heterocycles. The zero-order valence-corrected chi connectivity index (χ0v) is 30.6. The van der Waals surface area contributed by atoms with Crippen molar-refractivity contribution >= 4 is 66.4 Å². The number of aromatic amines is 4. The highest BCUT2D eigenvalue weighted by molar-refractivity contribution is 6.05. The van der Waals surface area contributed by atoms with Gasteiger partial charge in [0.1, 0.15) is 56.7 Å². The van der Waals surface area contributed by atoms with Crippen molar-refractivity contribution in [2.75, 3.05) is 0 Å². The first-order chi connectivity index (χ1) is 27.5. The average molecular weight is 727 g/mol. The van der Waals surface area contributed by atoms with Gasteiger partial charge >= 0.3 is 0 Å². The number of rotatable bonds is 4. The highest BCUT2D eigenvalue weighted by Gasteiger charge is 2.30. The van der Waals surface area contributed by atoms with Crippen LogP contribution in [0.25, 0.3) is 43.1 Å². The fourth-order valence-corrected chi connectivity index (χ4v) is 8.05. The molecule has 0 unspecified atom stereocenters. The van der Waals surface area contributed by atoms with Gasteiger partial charge in [-0.25, -0.2) is 20.0 Å². The van der Waals surface area contributed by atoms with E-state index in [4.69, 9.17) is 24.7 Å². The third-order valence-electron chi connectivity index (χ3n) is 10.9. The van der Waals surface area contributed by atoms with E-state index in [2.05, 4.69) is 107 Å². The smallest absolute Gasteiger partial charge is 0.145 e. The van der Waals surface area contributed by atoms with E-state index >= 15 is 0 Å². The van der Waals surface area contributed by atoms with Crippen LogP contribution >= 0.6 is 0 Å². The van der Waals surface area contributed by atoms with Crippen molar-refractivity contribution < 1.29 is 4.74 Å². The summed E-state index contributed by atoms with van der Waals surface area (Å²) < 4.78 is 6.98. The number of nitrogens with one attached hydrogen (secondary N) is 4. The third-order valence-corrected chi connectivity index (χ3v) is 10.9. The van der Waals surface area contributed by atoms with E-state index in [9.17, 15) is 0 Å². The molecule has 9 heteroatoms. The molecule has 10 aromatic rings. The molecule has 0 amide bonds. The van der Waals surface area contributed by atoms with Crippen LogP contribution in [0.5, 0.6) is 11.5 Å². The zero-order chi connectivity index (χ0) is 37.4. The molecule has 8 bridgehead atoms. The van der Waals surface area contributed by atoms with Crippen LogP contribution in [0.1, 0.15) is 25.0 Å². The van der Waals surface area contributed by atoms with Gasteiger partial charge in [0.15, 0.2) is 0 Å². The van der Waals surface area contributed by atoms with Crippen LogP contribution in [-0.2, 0) is 5.41 Å². The highest BCUT2D eigenvalue weighted by atomic mass is 16.5. The summed E-state index contributed by atoms with van der Waals surface area (Å²) >= 11 is 0. The molecular formula is C47H34N8O. The lowest BCUT2D eigenvalue weighted by atomic mass is 9.77. The summed E-state index contributed by atoms with van der Waals surface area (Å²) in [6, 6.07) is 49.3. The number of ether oxygens (including phenoxy) is 1. The van der Waals surface area contributed by atoms with Gasteiger partial charge in [-0.1, -0.05) is 141 Å². The molecule has 4 aromatic heterocycles. The van der Waals surface area contributed by atoms with Gasteiger partial charge in [-0.05, 0) is 23.8 Å². The maximum absolute atomic E-state index is 6.98. The molecule has 268 valence electrons. The summed E-state index contributed by atoms with van der Waals surface area (Å²) in [5.74, 6) is 4.07. The summed E-state index contributed by atoms with van der Waals surface area (Å²) in [5, 5.41) is 7.38. The lowest BCUT2D eigenvalue weighted by molar-refractivity contribution is 0.467. The van der Waals surface area contributed by atoms with Crippen LogP contribution in [0.4, 0.5) is 23.3 Å². The Kier molecular flexibility index (Phi) is 6.99. The zero-order valence-electron chi connectivity index (χ0n) is 30.6. The van der Waals surface area contributed by atoms with E-state index in [1.54, 1.807) is 0 Å². The minimum Gasteiger partial charge on any atom is -0.456 e. The molecule has 0 aliphatic carbocycles. The first kappa shape index (κ1) is 32.0. The summed E-state index contributed by atoms with van der Waals surface area (Å²) in [4.78, 5) is 35.5. The predicted molar refractivity (Wildman–Crippen MR) is 222 cm³/mol. The fraction of sp³-hybridized carbons (Fsp3) is 0.0638. The van der Waals surface area contributed by atoms with Crippen molar-refractivity contribution in [2.45, 2.75) is 19.3 Å². The Hall–Kier alpha value is -7.52. The molecule has 0 fully saturated rings. The molecule has 1 aliphatic heterocycles. The van der Waals surface area contributed by atoms with Crippen molar-refractivity contribution in [3.63, 3.8) is 0 Å². The molecular weight excluding hydrogens is 693 g/mol. The second-order valence-electron chi connectivity index (χ2n) is 14.6. The van der Waals surface area contributed by atoms with Gasteiger partial charge in [-0.2, -0.15) is 0 Å². The monoisotopic (exact) mass is 726 g/mol. The van der Waals surface area contributed by atoms with E-state index in [1.165, 1.54) is 0 Å². The Labute approximate surface area is 319 Å². The summed E-state index contributed by atoms with van der Waals surface area (Å²) in [6.45, 7) is 4.46. The first-order valence-corrected chi connectivity index (χ1v) is 18.7. The lowest BCUT2D eigenvalue weighted by Gasteiger charge is -2.28. The average Bonchev–Trinajstić information content (AvgIpc) is 3.97. The molecule has 0 saturated heterocycles. The molecule has 0 saturated carbocycles. The van der Waals surface area contributed by atoms with Gasteiger partial charge < -0.3 is 24.7 Å². The van der Waals surface area contributed by atoms with E-state index in [-0.39, 0.29) is 0 Å². The van der Waals surface area contributed by atoms with Gasteiger partial charge in [0, 0.05) is 48.7 Å². The largest absolute Gasteiger partial charge is 0.456 e. The van der Waals surface area contributed by atoms with E-state index < -0.39 is 5.41 Å². The number of aromatic nitrogens is 4. The number of hydrogen-bond acceptors (Lipinski definition) is 5. The first-order valence-electron chi connectivity index (χ1n) is 18.7. The molecule has 1 aliphatic rings. The molecule has 11 rings (SSSR count). The third kappa shape index (κ3) is 5.01. The summed E-state index contributed by atoms with van der Waals surface area (Å²) in [6.07, 6.45) is 0. The Balaban J connectivity index is 1.31. The molecule has 0 atom stereocenters. The van der Waals surface area contributed by atoms with Crippen LogP contribution in [0.3, 0.4) is 0 Å². The quantitative estimate of drug-likeness (QED) is 0.142. The maximum atomic E-state index is 6.98. The van der Waals surface area contributed by atoms with Gasteiger partial charge in [-0.15, -0.1) is 0 Å². The topological polar surface area (TPSA) is 122 Å². The SMILES string of the molecule is CC(C)(c1ccccc1)c1ccc2c3[nH]c(c2c1Oc1ccccc1)N=c1[nH]c(c2ccccc12)=Nc1[nH]c(c2ccccc12)N=c1[nH]c(c2ccccc12)=N3. The number of nitrogens with zero attached hydrogens (tertiary/aromatic N) is 4. The summed E-state index contributed by atoms with van der Waals surface area (Å²) in [5.41, 5.74) is 4.46. The minimum atomic E-state index is -0.435. The van der Waals surface area contributed by atoms with Crippen LogP contribution in [0.15, 0.2) is 166 Å². The van der Waals surface area contributed by atoms with Gasteiger partial charge in [0.05, 0.1) is 5.39 Å². The van der Waals surface area contributed by atoms with Crippen molar-refractivity contribution in [3.8, 4) is 11.5 Å². The van der Waals surface area contributed by atoms with Gasteiger partial charge in [-0.3, -0.25) is 0 Å². The fourth-order valence-electron chi connectivity index (χ4n) is 8.05. The lowest BCUT2D eigenvalue weighted by Crippen LogP contribution is -2.19. The van der Waals surface area contributed by atoms with Crippen LogP contribution < -0.4 is 26.7 Å². The van der Waals surface area contributed by atoms with Crippen LogP contribution in [0.2, 0.25) is 0 Å². The Morgan fingerprint density at radius 1 is 0.393 bits per heavy atom. The van der Waals surface area contributed by atoms with Crippen molar-refractivity contribution in [1.82, 2.24) is 19.9 Å². The van der Waals surface area contributed by atoms with Gasteiger partial charge in [0.2, 0.25) is 0 Å². The maximum Gasteiger partial charge on any atom is 0.145 e. The van der Waals surface area contributed by atoms with E-state index in [0.29, 0.717) is 51.0 Å². The number of benzene rings is 6. The van der Waals surface area contributed by atoms with Crippen LogP contribution in [0, 0.1) is 0 Å². The standard InChI is InChI=1S/C47H34N8O/c1-47(2,27-15-5-3-6-16-27)36-26-25-35-37(38(36)56-28-17-7-4-8-18-28)46-54-44-34-24-14-13-23-33(34)42(52-44)50-40-30-20-10-9-19-29(30)39(48-40)49-41-31-21-11-12-22-32(31)43(51-41)53-45(35)55-46/h3-26H,1-2H3,(H4,48,49,50,51,52,53,54,55). The van der Waals surface area contributed by atoms with E-state index in [1.807, 2.05) is 72.8 Å². The number of para-hydroxylation sites is 1. The highest BCUT2D eigenvalue weighted by Crippen LogP contribution is 2.48. The number of fused-ring (bicyclic) bond motifs is 20. The van der Waals surface area contributed by atoms with Crippen molar-refractivity contribution in [1.29, 1.82) is 0 Å². The normalized spacial score (nSPS) is 12.7. The molecule has 9 nitrogen and oxygen atoms in total. The van der Waals surface area contributed by atoms with Crippen molar-refractivity contribution in [3.05, 3.63) is 179 Å². The predicted octanol–water partition coefficient (Wildman–Crippen LogP) is 9.85. The molecule has 0 radical (unpaired) electrons.